The van der Waals surface area contributed by atoms with Crippen molar-refractivity contribution in [2.75, 3.05) is 33.0 Å². The van der Waals surface area contributed by atoms with Gasteiger partial charge in [-0.15, -0.1) is 6.58 Å². The summed E-state index contributed by atoms with van der Waals surface area (Å²) in [4.78, 5) is 25.6. The number of rotatable bonds is 8. The van der Waals surface area contributed by atoms with Crippen molar-refractivity contribution in [2.45, 2.75) is 6.42 Å². The highest BCUT2D eigenvalue weighted by Crippen LogP contribution is 2.18. The van der Waals surface area contributed by atoms with E-state index in [0.29, 0.717) is 25.3 Å². The predicted octanol–water partition coefficient (Wildman–Crippen LogP) is -0.0653. The standard InChI is InChI=1S/C11H16N2O5/c1-2-3-9-12-4-5-13(9,6-10(14)15)8-18-7-11(16)17/h2H,1,3-8H2,(H-,14,15,16,17)/p+1. The largest absolute Gasteiger partial charge is 0.480 e. The second-order valence-electron chi connectivity index (χ2n) is 4.08. The molecule has 7 nitrogen and oxygen atoms in total. The molecule has 1 atom stereocenters. The maximum Gasteiger partial charge on any atom is 0.359 e. The average molecular weight is 257 g/mol. The van der Waals surface area contributed by atoms with Crippen LogP contribution in [0.15, 0.2) is 17.6 Å². The lowest BCUT2D eigenvalue weighted by molar-refractivity contribution is -0.850. The van der Waals surface area contributed by atoms with Crippen LogP contribution in [0.5, 0.6) is 0 Å². The first kappa shape index (κ1) is 14.3. The molecule has 0 aromatic heterocycles. The zero-order valence-corrected chi connectivity index (χ0v) is 10.0. The molecule has 7 heteroatoms. The van der Waals surface area contributed by atoms with E-state index in [2.05, 4.69) is 11.6 Å². The van der Waals surface area contributed by atoms with E-state index in [0.717, 1.165) is 0 Å². The van der Waals surface area contributed by atoms with Crippen LogP contribution >= 0.6 is 0 Å². The van der Waals surface area contributed by atoms with Crippen molar-refractivity contribution in [3.8, 4) is 0 Å². The van der Waals surface area contributed by atoms with Gasteiger partial charge in [0, 0.05) is 0 Å². The average Bonchev–Trinajstić information content (AvgIpc) is 2.61. The molecule has 18 heavy (non-hydrogen) atoms. The van der Waals surface area contributed by atoms with Gasteiger partial charge in [0.1, 0.15) is 6.54 Å². The smallest absolute Gasteiger partial charge is 0.359 e. The Morgan fingerprint density at radius 2 is 2.17 bits per heavy atom. The lowest BCUT2D eigenvalue weighted by Gasteiger charge is -2.32. The molecule has 100 valence electrons. The molecule has 1 rings (SSSR count). The number of aliphatic carboxylic acids is 2. The Balaban J connectivity index is 2.75. The molecule has 0 bridgehead atoms. The summed E-state index contributed by atoms with van der Waals surface area (Å²) < 4.78 is 5.10. The summed E-state index contributed by atoms with van der Waals surface area (Å²) >= 11 is 0. The summed E-state index contributed by atoms with van der Waals surface area (Å²) in [5.41, 5.74) is 0. The van der Waals surface area contributed by atoms with E-state index < -0.39 is 18.5 Å². The number of amidine groups is 1. The molecule has 0 aliphatic carbocycles. The molecule has 0 radical (unpaired) electrons. The van der Waals surface area contributed by atoms with Crippen molar-refractivity contribution >= 4 is 17.8 Å². The molecule has 0 aromatic rings. The Hall–Kier alpha value is -1.73. The van der Waals surface area contributed by atoms with Crippen molar-refractivity contribution in [3.63, 3.8) is 0 Å². The van der Waals surface area contributed by atoms with Gasteiger partial charge in [-0.1, -0.05) is 6.08 Å². The van der Waals surface area contributed by atoms with E-state index in [1.165, 1.54) is 0 Å². The van der Waals surface area contributed by atoms with E-state index in [1.54, 1.807) is 6.08 Å². The van der Waals surface area contributed by atoms with Gasteiger partial charge in [-0.25, -0.2) is 19.1 Å². The number of carbonyl (C=O) groups is 2. The van der Waals surface area contributed by atoms with Crippen LogP contribution in [0.1, 0.15) is 6.42 Å². The summed E-state index contributed by atoms with van der Waals surface area (Å²) in [5, 5.41) is 17.5. The highest BCUT2D eigenvalue weighted by molar-refractivity contribution is 5.81. The molecule has 1 aliphatic rings. The fraction of sp³-hybridized carbons (Fsp3) is 0.545. The van der Waals surface area contributed by atoms with E-state index in [4.69, 9.17) is 14.9 Å². The first-order valence-electron chi connectivity index (χ1n) is 5.52. The topological polar surface area (TPSA) is 96.2 Å². The molecule has 0 aromatic carbocycles. The summed E-state index contributed by atoms with van der Waals surface area (Å²) in [6, 6.07) is 0. The summed E-state index contributed by atoms with van der Waals surface area (Å²) in [7, 11) is 0. The highest BCUT2D eigenvalue weighted by Gasteiger charge is 2.40. The van der Waals surface area contributed by atoms with Crippen LogP contribution in [0.2, 0.25) is 0 Å². The van der Waals surface area contributed by atoms with Crippen molar-refractivity contribution < 1.29 is 29.0 Å². The number of carboxylic acids is 2. The van der Waals surface area contributed by atoms with Crippen molar-refractivity contribution in [1.29, 1.82) is 0 Å². The van der Waals surface area contributed by atoms with Gasteiger partial charge in [-0.05, 0) is 0 Å². The van der Waals surface area contributed by atoms with Gasteiger partial charge in [-0.2, -0.15) is 0 Å². The summed E-state index contributed by atoms with van der Waals surface area (Å²) in [6.45, 7) is 4.04. The number of aliphatic imine (C=N–C) groups is 1. The van der Waals surface area contributed by atoms with Crippen molar-refractivity contribution in [1.82, 2.24) is 0 Å². The maximum atomic E-state index is 10.9. The Bertz CT molecular complexity index is 380. The fourth-order valence-electron chi connectivity index (χ4n) is 1.96. The highest BCUT2D eigenvalue weighted by atomic mass is 16.5. The van der Waals surface area contributed by atoms with Crippen molar-refractivity contribution in [3.05, 3.63) is 12.7 Å². The minimum atomic E-state index is -1.08. The van der Waals surface area contributed by atoms with Gasteiger partial charge >= 0.3 is 11.9 Å². The number of nitrogens with zero attached hydrogens (tertiary/aromatic N) is 2. The van der Waals surface area contributed by atoms with Crippen LogP contribution in [0.3, 0.4) is 0 Å². The van der Waals surface area contributed by atoms with E-state index >= 15 is 0 Å². The SMILES string of the molecule is C=CCC1=NCC[N+]1(COCC(=O)O)CC(=O)O. The third-order valence-corrected chi connectivity index (χ3v) is 2.70. The summed E-state index contributed by atoms with van der Waals surface area (Å²) in [6.07, 6.45) is 2.12. The monoisotopic (exact) mass is 257 g/mol. The minimum absolute atomic E-state index is 0.00523. The van der Waals surface area contributed by atoms with Crippen LogP contribution in [0.25, 0.3) is 0 Å². The molecule has 0 saturated heterocycles. The third kappa shape index (κ3) is 3.64. The zero-order valence-electron chi connectivity index (χ0n) is 10.0. The molecule has 0 spiro atoms. The Kier molecular flexibility index (Phi) is 4.99. The van der Waals surface area contributed by atoms with Gasteiger partial charge in [0.05, 0.1) is 13.0 Å². The van der Waals surface area contributed by atoms with E-state index in [-0.39, 0.29) is 17.8 Å². The predicted molar refractivity (Wildman–Crippen MR) is 63.2 cm³/mol. The van der Waals surface area contributed by atoms with E-state index in [9.17, 15) is 9.59 Å². The fourth-order valence-corrected chi connectivity index (χ4v) is 1.96. The van der Waals surface area contributed by atoms with Crippen LogP contribution in [0, 0.1) is 0 Å². The number of carboxylic acid groups (broad SMARTS) is 2. The lowest BCUT2D eigenvalue weighted by atomic mass is 10.3. The normalized spacial score (nSPS) is 22.6. The minimum Gasteiger partial charge on any atom is -0.480 e. The number of hydrogen-bond donors (Lipinski definition) is 2. The van der Waals surface area contributed by atoms with Gasteiger partial charge in [0.25, 0.3) is 0 Å². The molecule has 0 fully saturated rings. The molecular formula is C11H17N2O5+. The van der Waals surface area contributed by atoms with Crippen LogP contribution < -0.4 is 0 Å². The Morgan fingerprint density at radius 1 is 1.44 bits per heavy atom. The number of hydrogen-bond acceptors (Lipinski definition) is 4. The van der Waals surface area contributed by atoms with Crippen molar-refractivity contribution in [2.24, 2.45) is 4.99 Å². The van der Waals surface area contributed by atoms with E-state index in [1.807, 2.05) is 0 Å². The molecule has 1 heterocycles. The third-order valence-electron chi connectivity index (χ3n) is 2.70. The Morgan fingerprint density at radius 3 is 2.72 bits per heavy atom. The second-order valence-corrected chi connectivity index (χ2v) is 4.08. The first-order chi connectivity index (χ1) is 8.50. The van der Waals surface area contributed by atoms with Gasteiger partial charge in [0.15, 0.2) is 19.9 Å². The van der Waals surface area contributed by atoms with Crippen LogP contribution in [-0.4, -0.2) is 65.4 Å². The molecule has 1 unspecified atom stereocenters. The van der Waals surface area contributed by atoms with Crippen LogP contribution in [0.4, 0.5) is 0 Å². The summed E-state index contributed by atoms with van der Waals surface area (Å²) in [5.74, 6) is -1.37. The molecular weight excluding hydrogens is 240 g/mol. The maximum absolute atomic E-state index is 10.9. The lowest BCUT2D eigenvalue weighted by Crippen LogP contribution is -2.55. The van der Waals surface area contributed by atoms with Crippen LogP contribution in [-0.2, 0) is 14.3 Å². The zero-order chi connectivity index (χ0) is 13.6. The van der Waals surface area contributed by atoms with Gasteiger partial charge < -0.3 is 14.9 Å². The van der Waals surface area contributed by atoms with Gasteiger partial charge in [0.2, 0.25) is 5.84 Å². The molecule has 1 aliphatic heterocycles. The number of quaternary nitrogens is 1. The second kappa shape index (κ2) is 6.27. The quantitative estimate of drug-likeness (QED) is 0.469. The van der Waals surface area contributed by atoms with Gasteiger partial charge in [-0.3, -0.25) is 0 Å². The molecule has 0 saturated carbocycles. The molecule has 0 amide bonds. The Labute approximate surface area is 105 Å². The first-order valence-corrected chi connectivity index (χ1v) is 5.52. The molecule has 2 N–H and O–H groups in total. The number of ether oxygens (including phenoxy) is 1.